The normalized spacial score (nSPS) is 11.9. The van der Waals surface area contributed by atoms with Gasteiger partial charge in [-0.05, 0) is 38.7 Å². The molecule has 1 heterocycles. The first-order valence-electron chi connectivity index (χ1n) is 6.12. The number of aromatic nitrogens is 2. The van der Waals surface area contributed by atoms with Crippen LogP contribution in [0.4, 0.5) is 0 Å². The standard InChI is InChI=1S/C13H23N3/c1-6-11-9(4)15-12(16-10(11)5)13(14,7-2)8-3/h6-8,14H2,1-5H3. The third-order valence-corrected chi connectivity index (χ3v) is 3.48. The third kappa shape index (κ3) is 2.24. The van der Waals surface area contributed by atoms with Crippen molar-refractivity contribution < 1.29 is 0 Å². The number of hydrogen-bond donors (Lipinski definition) is 1. The molecule has 0 unspecified atom stereocenters. The van der Waals surface area contributed by atoms with Crippen LogP contribution in [-0.4, -0.2) is 9.97 Å². The predicted octanol–water partition coefficient (Wildman–Crippen LogP) is 2.63. The molecular formula is C13H23N3. The molecule has 16 heavy (non-hydrogen) atoms. The van der Waals surface area contributed by atoms with Crippen LogP contribution < -0.4 is 5.73 Å². The Balaban J connectivity index is 3.27. The fourth-order valence-electron chi connectivity index (χ4n) is 2.04. The van der Waals surface area contributed by atoms with E-state index in [1.165, 1.54) is 5.56 Å². The highest BCUT2D eigenvalue weighted by Crippen LogP contribution is 2.24. The average Bonchev–Trinajstić information content (AvgIpc) is 2.27. The van der Waals surface area contributed by atoms with Crippen molar-refractivity contribution in [1.82, 2.24) is 9.97 Å². The molecule has 0 saturated carbocycles. The Morgan fingerprint density at radius 1 is 1.00 bits per heavy atom. The van der Waals surface area contributed by atoms with Gasteiger partial charge in [0.05, 0.1) is 5.54 Å². The van der Waals surface area contributed by atoms with Gasteiger partial charge in [0.15, 0.2) is 0 Å². The first-order chi connectivity index (χ1) is 7.48. The van der Waals surface area contributed by atoms with Crippen LogP contribution >= 0.6 is 0 Å². The number of nitrogens with two attached hydrogens (primary N) is 1. The van der Waals surface area contributed by atoms with E-state index in [2.05, 4.69) is 30.7 Å². The van der Waals surface area contributed by atoms with Gasteiger partial charge in [0.2, 0.25) is 0 Å². The van der Waals surface area contributed by atoms with Crippen LogP contribution in [-0.2, 0) is 12.0 Å². The van der Waals surface area contributed by atoms with Gasteiger partial charge in [-0.1, -0.05) is 20.8 Å². The zero-order chi connectivity index (χ0) is 12.3. The van der Waals surface area contributed by atoms with Gasteiger partial charge < -0.3 is 5.73 Å². The number of rotatable bonds is 4. The summed E-state index contributed by atoms with van der Waals surface area (Å²) in [5.74, 6) is 0.796. The van der Waals surface area contributed by atoms with Crippen molar-refractivity contribution in [1.29, 1.82) is 0 Å². The molecule has 0 aliphatic carbocycles. The van der Waals surface area contributed by atoms with Crippen molar-refractivity contribution >= 4 is 0 Å². The highest BCUT2D eigenvalue weighted by atomic mass is 15.0. The van der Waals surface area contributed by atoms with Crippen LogP contribution in [0.2, 0.25) is 0 Å². The highest BCUT2D eigenvalue weighted by molar-refractivity contribution is 5.25. The lowest BCUT2D eigenvalue weighted by Crippen LogP contribution is -2.37. The molecule has 1 aromatic rings. The van der Waals surface area contributed by atoms with E-state index in [1.807, 2.05) is 13.8 Å². The Morgan fingerprint density at radius 3 is 1.75 bits per heavy atom. The molecule has 2 N–H and O–H groups in total. The average molecular weight is 221 g/mol. The van der Waals surface area contributed by atoms with E-state index < -0.39 is 0 Å². The van der Waals surface area contributed by atoms with Crippen LogP contribution in [0.1, 0.15) is 56.4 Å². The summed E-state index contributed by atoms with van der Waals surface area (Å²) in [6, 6.07) is 0. The molecule has 0 aliphatic heterocycles. The molecule has 0 radical (unpaired) electrons. The minimum atomic E-state index is -0.373. The molecule has 1 aromatic heterocycles. The molecule has 0 aromatic carbocycles. The minimum absolute atomic E-state index is 0.373. The minimum Gasteiger partial charge on any atom is -0.319 e. The Bertz CT molecular complexity index is 344. The summed E-state index contributed by atoms with van der Waals surface area (Å²) in [7, 11) is 0. The van der Waals surface area contributed by atoms with Gasteiger partial charge >= 0.3 is 0 Å². The quantitative estimate of drug-likeness (QED) is 0.850. The van der Waals surface area contributed by atoms with E-state index >= 15 is 0 Å². The summed E-state index contributed by atoms with van der Waals surface area (Å²) in [5, 5.41) is 0. The SMILES string of the molecule is CCc1c(C)nc(C(N)(CC)CC)nc1C. The summed E-state index contributed by atoms with van der Waals surface area (Å²) in [5.41, 5.74) is 9.34. The topological polar surface area (TPSA) is 51.8 Å². The molecule has 0 bridgehead atoms. The van der Waals surface area contributed by atoms with Crippen LogP contribution in [0.3, 0.4) is 0 Å². The van der Waals surface area contributed by atoms with Gasteiger partial charge in [0, 0.05) is 11.4 Å². The molecule has 3 nitrogen and oxygen atoms in total. The van der Waals surface area contributed by atoms with Crippen molar-refractivity contribution in [2.75, 3.05) is 0 Å². The molecule has 0 spiro atoms. The Morgan fingerprint density at radius 2 is 1.44 bits per heavy atom. The van der Waals surface area contributed by atoms with Gasteiger partial charge in [-0.25, -0.2) is 9.97 Å². The van der Waals surface area contributed by atoms with E-state index in [9.17, 15) is 0 Å². The maximum atomic E-state index is 6.32. The molecular weight excluding hydrogens is 198 g/mol. The number of nitrogens with zero attached hydrogens (tertiary/aromatic N) is 2. The fourth-order valence-corrected chi connectivity index (χ4v) is 2.04. The monoisotopic (exact) mass is 221 g/mol. The van der Waals surface area contributed by atoms with Crippen LogP contribution in [0.5, 0.6) is 0 Å². The Kier molecular flexibility index (Phi) is 4.03. The second kappa shape index (κ2) is 4.91. The summed E-state index contributed by atoms with van der Waals surface area (Å²) < 4.78 is 0. The summed E-state index contributed by atoms with van der Waals surface area (Å²) >= 11 is 0. The largest absolute Gasteiger partial charge is 0.319 e. The second-order valence-electron chi connectivity index (χ2n) is 4.41. The summed E-state index contributed by atoms with van der Waals surface area (Å²) in [6.07, 6.45) is 2.72. The first kappa shape index (κ1) is 13.1. The lowest BCUT2D eigenvalue weighted by Gasteiger charge is -2.26. The van der Waals surface area contributed by atoms with Gasteiger partial charge in [-0.3, -0.25) is 0 Å². The smallest absolute Gasteiger partial charge is 0.148 e. The molecule has 3 heteroatoms. The van der Waals surface area contributed by atoms with Gasteiger partial charge in [0.25, 0.3) is 0 Å². The molecule has 0 atom stereocenters. The highest BCUT2D eigenvalue weighted by Gasteiger charge is 2.27. The van der Waals surface area contributed by atoms with Crippen molar-refractivity contribution in [3.05, 3.63) is 22.8 Å². The van der Waals surface area contributed by atoms with E-state index in [0.717, 1.165) is 36.5 Å². The fraction of sp³-hybridized carbons (Fsp3) is 0.692. The lowest BCUT2D eigenvalue weighted by molar-refractivity contribution is 0.385. The lowest BCUT2D eigenvalue weighted by atomic mass is 9.92. The van der Waals surface area contributed by atoms with Crippen molar-refractivity contribution in [2.24, 2.45) is 5.73 Å². The van der Waals surface area contributed by atoms with Crippen molar-refractivity contribution in [3.8, 4) is 0 Å². The Hall–Kier alpha value is -0.960. The van der Waals surface area contributed by atoms with E-state index in [4.69, 9.17) is 5.73 Å². The summed E-state index contributed by atoms with van der Waals surface area (Å²) in [4.78, 5) is 9.16. The molecule has 0 fully saturated rings. The predicted molar refractivity (Wildman–Crippen MR) is 67.3 cm³/mol. The third-order valence-electron chi connectivity index (χ3n) is 3.48. The first-order valence-corrected chi connectivity index (χ1v) is 6.12. The van der Waals surface area contributed by atoms with Crippen molar-refractivity contribution in [3.63, 3.8) is 0 Å². The van der Waals surface area contributed by atoms with Gasteiger partial charge in [0.1, 0.15) is 5.82 Å². The molecule has 1 rings (SSSR count). The van der Waals surface area contributed by atoms with Crippen molar-refractivity contribution in [2.45, 2.75) is 59.4 Å². The maximum Gasteiger partial charge on any atom is 0.148 e. The van der Waals surface area contributed by atoms with Crippen LogP contribution in [0.25, 0.3) is 0 Å². The molecule has 0 aliphatic rings. The van der Waals surface area contributed by atoms with E-state index in [-0.39, 0.29) is 5.54 Å². The van der Waals surface area contributed by atoms with E-state index in [1.54, 1.807) is 0 Å². The Labute approximate surface area is 98.5 Å². The van der Waals surface area contributed by atoms with Crippen LogP contribution in [0, 0.1) is 13.8 Å². The number of hydrogen-bond acceptors (Lipinski definition) is 3. The zero-order valence-electron chi connectivity index (χ0n) is 11.1. The summed E-state index contributed by atoms with van der Waals surface area (Å²) in [6.45, 7) is 10.4. The van der Waals surface area contributed by atoms with Gasteiger partial charge in [-0.15, -0.1) is 0 Å². The second-order valence-corrected chi connectivity index (χ2v) is 4.41. The van der Waals surface area contributed by atoms with E-state index in [0.29, 0.717) is 0 Å². The maximum absolute atomic E-state index is 6.32. The van der Waals surface area contributed by atoms with Gasteiger partial charge in [-0.2, -0.15) is 0 Å². The molecule has 90 valence electrons. The zero-order valence-corrected chi connectivity index (χ0v) is 11.1. The number of aryl methyl sites for hydroxylation is 2. The van der Waals surface area contributed by atoms with Crippen LogP contribution in [0.15, 0.2) is 0 Å². The molecule has 0 amide bonds. The molecule has 0 saturated heterocycles.